The molecule has 0 aliphatic heterocycles. The van der Waals surface area contributed by atoms with Gasteiger partial charge in [-0.25, -0.2) is 0 Å². The van der Waals surface area contributed by atoms with Crippen LogP contribution in [0.1, 0.15) is 78.5 Å². The van der Waals surface area contributed by atoms with Crippen LogP contribution in [0.5, 0.6) is 0 Å². The summed E-state index contributed by atoms with van der Waals surface area (Å²) in [5.41, 5.74) is 0.207. The zero-order valence-electron chi connectivity index (χ0n) is 13.6. The highest BCUT2D eigenvalue weighted by molar-refractivity contribution is 5.07. The highest BCUT2D eigenvalue weighted by atomic mass is 16.4. The molecule has 1 N–H and O–H groups in total. The number of hydrogen-bond donors (Lipinski definition) is 1. The van der Waals surface area contributed by atoms with Gasteiger partial charge in [0.15, 0.2) is 0 Å². The van der Waals surface area contributed by atoms with E-state index in [1.165, 1.54) is 25.7 Å². The first kappa shape index (κ1) is 15.5. The van der Waals surface area contributed by atoms with Crippen LogP contribution >= 0.6 is 0 Å². The highest BCUT2D eigenvalue weighted by Crippen LogP contribution is 2.44. The van der Waals surface area contributed by atoms with Crippen molar-refractivity contribution >= 4 is 0 Å². The van der Waals surface area contributed by atoms with Crippen LogP contribution in [0.15, 0.2) is 4.42 Å². The second-order valence-corrected chi connectivity index (χ2v) is 7.69. The Kier molecular flexibility index (Phi) is 4.52. The monoisotopic (exact) mass is 279 g/mol. The highest BCUT2D eigenvalue weighted by Gasteiger charge is 2.40. The molecule has 0 atom stereocenters. The van der Waals surface area contributed by atoms with Crippen molar-refractivity contribution in [1.29, 1.82) is 0 Å². The molecule has 4 heteroatoms. The third-order valence-corrected chi connectivity index (χ3v) is 4.05. The van der Waals surface area contributed by atoms with Gasteiger partial charge in [-0.3, -0.25) is 0 Å². The van der Waals surface area contributed by atoms with Crippen molar-refractivity contribution < 1.29 is 4.42 Å². The van der Waals surface area contributed by atoms with Crippen LogP contribution in [0.4, 0.5) is 0 Å². The van der Waals surface area contributed by atoms with Crippen LogP contribution in [0.3, 0.4) is 0 Å². The largest absolute Gasteiger partial charge is 0.423 e. The Morgan fingerprint density at radius 1 is 1.20 bits per heavy atom. The van der Waals surface area contributed by atoms with Gasteiger partial charge in [-0.05, 0) is 46.0 Å². The lowest BCUT2D eigenvalue weighted by atomic mass is 9.78. The molecule has 0 amide bonds. The van der Waals surface area contributed by atoms with E-state index in [1.807, 2.05) is 0 Å². The predicted octanol–water partition coefficient (Wildman–Crippen LogP) is 3.82. The van der Waals surface area contributed by atoms with Crippen LogP contribution in [0.25, 0.3) is 0 Å². The Morgan fingerprint density at radius 3 is 2.40 bits per heavy atom. The Hall–Kier alpha value is -0.900. The van der Waals surface area contributed by atoms with Crippen molar-refractivity contribution in [1.82, 2.24) is 15.5 Å². The van der Waals surface area contributed by atoms with Crippen LogP contribution in [0.2, 0.25) is 0 Å². The summed E-state index contributed by atoms with van der Waals surface area (Å²) in [5, 5.41) is 12.0. The standard InChI is InChI=1S/C16H29N3O/c1-12(2)10-16(8-6-7-9-16)14-19-18-13(20-14)11-17-15(3,4)5/h12,17H,6-11H2,1-5H3. The molecule has 1 aromatic heterocycles. The van der Waals surface area contributed by atoms with E-state index in [2.05, 4.69) is 50.1 Å². The number of hydrogen-bond acceptors (Lipinski definition) is 4. The molecule has 1 heterocycles. The van der Waals surface area contributed by atoms with Crippen LogP contribution in [0, 0.1) is 5.92 Å². The molecule has 4 nitrogen and oxygen atoms in total. The molecule has 1 aromatic rings. The molecule has 1 fully saturated rings. The Balaban J connectivity index is 2.09. The van der Waals surface area contributed by atoms with Gasteiger partial charge in [-0.15, -0.1) is 10.2 Å². The summed E-state index contributed by atoms with van der Waals surface area (Å²) in [7, 11) is 0. The maximum absolute atomic E-state index is 5.98. The van der Waals surface area contributed by atoms with Gasteiger partial charge in [0.1, 0.15) is 0 Å². The lowest BCUT2D eigenvalue weighted by Gasteiger charge is -2.26. The van der Waals surface area contributed by atoms with E-state index in [0.29, 0.717) is 18.4 Å². The molecule has 0 radical (unpaired) electrons. The molecular weight excluding hydrogens is 250 g/mol. The van der Waals surface area contributed by atoms with Gasteiger partial charge in [-0.1, -0.05) is 26.7 Å². The van der Waals surface area contributed by atoms with E-state index in [9.17, 15) is 0 Å². The van der Waals surface area contributed by atoms with Crippen LogP contribution in [-0.4, -0.2) is 15.7 Å². The molecule has 1 saturated carbocycles. The van der Waals surface area contributed by atoms with Gasteiger partial charge < -0.3 is 9.73 Å². The van der Waals surface area contributed by atoms with Gasteiger partial charge >= 0.3 is 0 Å². The zero-order chi connectivity index (χ0) is 14.8. The van der Waals surface area contributed by atoms with E-state index in [1.54, 1.807) is 0 Å². The lowest BCUT2D eigenvalue weighted by molar-refractivity contribution is 0.263. The van der Waals surface area contributed by atoms with Crippen molar-refractivity contribution in [3.8, 4) is 0 Å². The minimum atomic E-state index is 0.0671. The van der Waals surface area contributed by atoms with Crippen LogP contribution in [-0.2, 0) is 12.0 Å². The second kappa shape index (κ2) is 5.84. The maximum Gasteiger partial charge on any atom is 0.230 e. The summed E-state index contributed by atoms with van der Waals surface area (Å²) in [4.78, 5) is 0. The number of rotatable bonds is 5. The molecule has 1 aliphatic carbocycles. The molecule has 114 valence electrons. The molecule has 0 spiro atoms. The number of nitrogens with one attached hydrogen (secondary N) is 1. The molecule has 0 aromatic carbocycles. The fourth-order valence-corrected chi connectivity index (χ4v) is 3.22. The van der Waals surface area contributed by atoms with Gasteiger partial charge in [-0.2, -0.15) is 0 Å². The van der Waals surface area contributed by atoms with Crippen LogP contribution < -0.4 is 5.32 Å². The third kappa shape index (κ3) is 3.81. The summed E-state index contributed by atoms with van der Waals surface area (Å²) in [6, 6.07) is 0. The van der Waals surface area contributed by atoms with E-state index in [4.69, 9.17) is 4.42 Å². The fourth-order valence-electron chi connectivity index (χ4n) is 3.22. The summed E-state index contributed by atoms with van der Waals surface area (Å²) < 4.78 is 5.98. The van der Waals surface area contributed by atoms with Crippen molar-refractivity contribution in [3.05, 3.63) is 11.8 Å². The molecular formula is C16H29N3O. The number of aromatic nitrogens is 2. The Morgan fingerprint density at radius 2 is 1.85 bits per heavy atom. The Bertz CT molecular complexity index is 425. The van der Waals surface area contributed by atoms with E-state index in [0.717, 1.165) is 12.3 Å². The summed E-state index contributed by atoms with van der Waals surface area (Å²) in [6.07, 6.45) is 6.11. The molecule has 1 aliphatic rings. The summed E-state index contributed by atoms with van der Waals surface area (Å²) in [5.74, 6) is 2.25. The average molecular weight is 279 g/mol. The summed E-state index contributed by atoms with van der Waals surface area (Å²) in [6.45, 7) is 11.6. The normalized spacial score (nSPS) is 18.9. The second-order valence-electron chi connectivity index (χ2n) is 7.69. The van der Waals surface area contributed by atoms with Gasteiger partial charge in [0.2, 0.25) is 11.8 Å². The zero-order valence-corrected chi connectivity index (χ0v) is 13.6. The topological polar surface area (TPSA) is 51.0 Å². The minimum Gasteiger partial charge on any atom is -0.423 e. The first-order valence-corrected chi connectivity index (χ1v) is 7.89. The minimum absolute atomic E-state index is 0.0671. The van der Waals surface area contributed by atoms with E-state index in [-0.39, 0.29) is 11.0 Å². The van der Waals surface area contributed by atoms with Crippen molar-refractivity contribution in [3.63, 3.8) is 0 Å². The molecule has 2 rings (SSSR count). The molecule has 0 unspecified atom stereocenters. The number of nitrogens with zero attached hydrogens (tertiary/aromatic N) is 2. The maximum atomic E-state index is 5.98. The third-order valence-electron chi connectivity index (χ3n) is 4.05. The fraction of sp³-hybridized carbons (Fsp3) is 0.875. The smallest absolute Gasteiger partial charge is 0.230 e. The average Bonchev–Trinajstić information content (AvgIpc) is 2.93. The van der Waals surface area contributed by atoms with Crippen molar-refractivity contribution in [2.45, 2.75) is 84.2 Å². The van der Waals surface area contributed by atoms with Gasteiger partial charge in [0, 0.05) is 11.0 Å². The Labute approximate surface area is 122 Å². The quantitative estimate of drug-likeness (QED) is 0.890. The van der Waals surface area contributed by atoms with Crippen molar-refractivity contribution in [2.75, 3.05) is 0 Å². The summed E-state index contributed by atoms with van der Waals surface area (Å²) >= 11 is 0. The molecule has 0 bridgehead atoms. The van der Waals surface area contributed by atoms with Gasteiger partial charge in [0.05, 0.1) is 6.54 Å². The first-order valence-electron chi connectivity index (χ1n) is 7.89. The van der Waals surface area contributed by atoms with E-state index >= 15 is 0 Å². The first-order chi connectivity index (χ1) is 9.31. The van der Waals surface area contributed by atoms with E-state index < -0.39 is 0 Å². The lowest BCUT2D eigenvalue weighted by Crippen LogP contribution is -2.35. The predicted molar refractivity (Wildman–Crippen MR) is 80.5 cm³/mol. The molecule has 20 heavy (non-hydrogen) atoms. The van der Waals surface area contributed by atoms with Gasteiger partial charge in [0.25, 0.3) is 0 Å². The van der Waals surface area contributed by atoms with Crippen molar-refractivity contribution in [2.24, 2.45) is 5.92 Å². The SMILES string of the molecule is CC(C)CC1(c2nnc(CNC(C)(C)C)o2)CCCC1. The molecule has 0 saturated heterocycles.